The molecule has 0 saturated heterocycles. The summed E-state index contributed by atoms with van der Waals surface area (Å²) in [6.07, 6.45) is 0.812. The van der Waals surface area contributed by atoms with Gasteiger partial charge in [-0.1, -0.05) is 12.1 Å². The van der Waals surface area contributed by atoms with Crippen molar-refractivity contribution >= 4 is 23.5 Å². The van der Waals surface area contributed by atoms with Crippen molar-refractivity contribution in [2.24, 2.45) is 0 Å². The van der Waals surface area contributed by atoms with Crippen LogP contribution in [0.2, 0.25) is 0 Å². The topological polar surface area (TPSA) is 140 Å². The summed E-state index contributed by atoms with van der Waals surface area (Å²) in [5.74, 6) is 0.602. The van der Waals surface area contributed by atoms with Crippen LogP contribution in [-0.4, -0.2) is 73.9 Å². The molecule has 3 aromatic rings. The van der Waals surface area contributed by atoms with Crippen LogP contribution in [0.1, 0.15) is 16.2 Å². The quantitative estimate of drug-likeness (QED) is 0.481. The van der Waals surface area contributed by atoms with E-state index < -0.39 is 6.10 Å². The lowest BCUT2D eigenvalue weighted by molar-refractivity contribution is -0.122. The summed E-state index contributed by atoms with van der Waals surface area (Å²) in [7, 11) is 1.59. The second-order valence-electron chi connectivity index (χ2n) is 6.12. The number of aliphatic hydroxyl groups is 2. The number of aromatic amines is 1. The number of fused-ring (bicyclic) bond motifs is 1. The van der Waals surface area contributed by atoms with Gasteiger partial charge in [-0.05, 0) is 30.7 Å². The second kappa shape index (κ2) is 9.58. The summed E-state index contributed by atoms with van der Waals surface area (Å²) >= 11 is 0. The second-order valence-corrected chi connectivity index (χ2v) is 6.12. The van der Waals surface area contributed by atoms with Gasteiger partial charge in [-0.15, -0.1) is 0 Å². The molecule has 28 heavy (non-hydrogen) atoms. The van der Waals surface area contributed by atoms with Gasteiger partial charge in [0.15, 0.2) is 5.65 Å². The molecule has 0 aliphatic rings. The van der Waals surface area contributed by atoms with Crippen molar-refractivity contribution in [3.05, 3.63) is 47.9 Å². The molecule has 0 radical (unpaired) electrons. The number of hydrogen-bond acceptors (Lipinski definition) is 6. The van der Waals surface area contributed by atoms with Crippen molar-refractivity contribution in [1.82, 2.24) is 19.9 Å². The highest BCUT2D eigenvalue weighted by atomic mass is 16.3. The average Bonchev–Trinajstić information content (AvgIpc) is 3.07. The number of carboxylic acid groups (broad SMARTS) is 1. The first kappa shape index (κ1) is 21.0. The van der Waals surface area contributed by atoms with Crippen LogP contribution in [0.25, 0.3) is 22.3 Å². The fourth-order valence-corrected chi connectivity index (χ4v) is 2.66. The van der Waals surface area contributed by atoms with Crippen LogP contribution in [0, 0.1) is 6.92 Å². The first-order valence-electron chi connectivity index (χ1n) is 8.44. The highest BCUT2D eigenvalue weighted by molar-refractivity contribution is 5.94. The molecule has 4 N–H and O–H groups in total. The number of carbonyl (C=O) groups is 2. The first-order chi connectivity index (χ1) is 13.4. The van der Waals surface area contributed by atoms with E-state index in [1.54, 1.807) is 25.4 Å². The predicted molar refractivity (Wildman–Crippen MR) is 103 cm³/mol. The molecule has 0 fully saturated rings. The van der Waals surface area contributed by atoms with Crippen molar-refractivity contribution in [1.29, 1.82) is 0 Å². The highest BCUT2D eigenvalue weighted by Crippen LogP contribution is 2.22. The standard InChI is InChI=1S/C18H20N4O3.CH2O2/c1-11-20-16-7-14(8-19-17(16)21-11)12-3-5-13(6-4-12)18(25)22(2)9-15(24)10-23;2-1-3/h3-8,15,23-24H,9-10H2,1-2H3,(H,19,20,21);1H,(H,2,3). The van der Waals surface area contributed by atoms with Gasteiger partial charge in [-0.25, -0.2) is 9.97 Å². The zero-order valence-electron chi connectivity index (χ0n) is 15.5. The number of benzene rings is 1. The molecule has 0 aliphatic carbocycles. The summed E-state index contributed by atoms with van der Waals surface area (Å²) in [6.45, 7) is 1.34. The van der Waals surface area contributed by atoms with E-state index in [4.69, 9.17) is 15.0 Å². The van der Waals surface area contributed by atoms with Gasteiger partial charge in [0.25, 0.3) is 12.4 Å². The molecule has 3 rings (SSSR count). The molecular weight excluding hydrogens is 364 g/mol. The molecule has 0 saturated carbocycles. The molecule has 2 aromatic heterocycles. The van der Waals surface area contributed by atoms with Crippen LogP contribution >= 0.6 is 0 Å². The number of likely N-dealkylation sites (N-methyl/N-ethyl adjacent to an activating group) is 1. The number of nitrogens with zero attached hydrogens (tertiary/aromatic N) is 3. The van der Waals surface area contributed by atoms with E-state index >= 15 is 0 Å². The lowest BCUT2D eigenvalue weighted by Gasteiger charge is -2.19. The summed E-state index contributed by atoms with van der Waals surface area (Å²) in [6, 6.07) is 9.16. The molecule has 1 unspecified atom stereocenters. The lowest BCUT2D eigenvalue weighted by atomic mass is 10.0. The largest absolute Gasteiger partial charge is 0.483 e. The third-order valence-electron chi connectivity index (χ3n) is 3.96. The predicted octanol–water partition coefficient (Wildman–Crippen LogP) is 1.06. The van der Waals surface area contributed by atoms with Crippen LogP contribution < -0.4 is 0 Å². The Balaban J connectivity index is 0.000000878. The van der Waals surface area contributed by atoms with Gasteiger partial charge in [-0.3, -0.25) is 9.59 Å². The maximum atomic E-state index is 12.3. The van der Waals surface area contributed by atoms with Crippen molar-refractivity contribution in [2.75, 3.05) is 20.2 Å². The Morgan fingerprint density at radius 1 is 1.29 bits per heavy atom. The highest BCUT2D eigenvalue weighted by Gasteiger charge is 2.15. The third kappa shape index (κ3) is 5.12. The maximum Gasteiger partial charge on any atom is 0.290 e. The smallest absolute Gasteiger partial charge is 0.290 e. The van der Waals surface area contributed by atoms with Gasteiger partial charge in [0.2, 0.25) is 0 Å². The van der Waals surface area contributed by atoms with E-state index in [1.807, 2.05) is 25.1 Å². The van der Waals surface area contributed by atoms with Crippen molar-refractivity contribution in [3.8, 4) is 11.1 Å². The minimum Gasteiger partial charge on any atom is -0.483 e. The first-order valence-corrected chi connectivity index (χ1v) is 8.44. The Labute approximate surface area is 161 Å². The number of aryl methyl sites for hydroxylation is 1. The number of aliphatic hydroxyl groups excluding tert-OH is 2. The fraction of sp³-hybridized carbons (Fsp3) is 0.263. The summed E-state index contributed by atoms with van der Waals surface area (Å²) < 4.78 is 0. The number of rotatable bonds is 5. The average molecular weight is 386 g/mol. The van der Waals surface area contributed by atoms with Gasteiger partial charge in [-0.2, -0.15) is 0 Å². The number of amides is 1. The Kier molecular flexibility index (Phi) is 7.19. The van der Waals surface area contributed by atoms with E-state index in [2.05, 4.69) is 15.0 Å². The number of aromatic nitrogens is 3. The van der Waals surface area contributed by atoms with Crippen LogP contribution in [-0.2, 0) is 4.79 Å². The lowest BCUT2D eigenvalue weighted by Crippen LogP contribution is -2.35. The fourth-order valence-electron chi connectivity index (χ4n) is 2.66. The van der Waals surface area contributed by atoms with Gasteiger partial charge in [0, 0.05) is 30.9 Å². The zero-order valence-corrected chi connectivity index (χ0v) is 15.5. The van der Waals surface area contributed by atoms with E-state index in [9.17, 15) is 9.90 Å². The van der Waals surface area contributed by atoms with Crippen LogP contribution in [0.15, 0.2) is 36.5 Å². The van der Waals surface area contributed by atoms with Crippen molar-refractivity contribution in [3.63, 3.8) is 0 Å². The minimum atomic E-state index is -0.941. The Morgan fingerprint density at radius 3 is 2.54 bits per heavy atom. The number of pyridine rings is 1. The Morgan fingerprint density at radius 2 is 1.93 bits per heavy atom. The number of imidazole rings is 1. The molecule has 148 valence electrons. The zero-order chi connectivity index (χ0) is 20.7. The molecule has 1 aromatic carbocycles. The molecule has 0 aliphatic heterocycles. The van der Waals surface area contributed by atoms with Crippen LogP contribution in [0.4, 0.5) is 0 Å². The van der Waals surface area contributed by atoms with Crippen molar-refractivity contribution < 1.29 is 24.9 Å². The molecule has 0 spiro atoms. The van der Waals surface area contributed by atoms with Gasteiger partial charge < -0.3 is 25.2 Å². The van der Waals surface area contributed by atoms with Gasteiger partial charge >= 0.3 is 0 Å². The molecule has 1 amide bonds. The van der Waals surface area contributed by atoms with Crippen molar-refractivity contribution in [2.45, 2.75) is 13.0 Å². The van der Waals surface area contributed by atoms with E-state index in [0.29, 0.717) is 11.2 Å². The third-order valence-corrected chi connectivity index (χ3v) is 3.96. The molecule has 0 bridgehead atoms. The Bertz CT molecular complexity index is 939. The normalized spacial score (nSPS) is 11.4. The summed E-state index contributed by atoms with van der Waals surface area (Å²) in [4.78, 5) is 33.9. The van der Waals surface area contributed by atoms with E-state index in [0.717, 1.165) is 22.5 Å². The Hall–Kier alpha value is -3.30. The molecule has 9 nitrogen and oxygen atoms in total. The number of hydrogen-bond donors (Lipinski definition) is 4. The SMILES string of the molecule is Cc1nc2ncc(-c3ccc(C(=O)N(C)CC(O)CO)cc3)cc2[nH]1.O=CO. The summed E-state index contributed by atoms with van der Waals surface area (Å²) in [5.41, 5.74) is 3.93. The summed E-state index contributed by atoms with van der Waals surface area (Å²) in [5, 5.41) is 25.2. The number of nitrogens with one attached hydrogen (secondary N) is 1. The van der Waals surface area contributed by atoms with Crippen LogP contribution in [0.3, 0.4) is 0 Å². The number of carbonyl (C=O) groups excluding carboxylic acids is 1. The molecule has 1 atom stereocenters. The molecule has 2 heterocycles. The molecular formula is C19H22N4O5. The monoisotopic (exact) mass is 386 g/mol. The number of H-pyrrole nitrogens is 1. The van der Waals surface area contributed by atoms with E-state index in [-0.39, 0.29) is 25.5 Å². The molecule has 9 heteroatoms. The van der Waals surface area contributed by atoms with Gasteiger partial charge in [0.05, 0.1) is 18.2 Å². The van der Waals surface area contributed by atoms with Gasteiger partial charge in [0.1, 0.15) is 5.82 Å². The maximum absolute atomic E-state index is 12.3. The van der Waals surface area contributed by atoms with Crippen LogP contribution in [0.5, 0.6) is 0 Å². The minimum absolute atomic E-state index is 0.0802. The van der Waals surface area contributed by atoms with E-state index in [1.165, 1.54) is 4.90 Å².